The van der Waals surface area contributed by atoms with Gasteiger partial charge in [-0.25, -0.2) is 4.98 Å². The molecule has 26 heavy (non-hydrogen) atoms. The molecule has 0 aliphatic carbocycles. The highest BCUT2D eigenvalue weighted by Gasteiger charge is 2.28. The summed E-state index contributed by atoms with van der Waals surface area (Å²) in [4.78, 5) is 21.5. The van der Waals surface area contributed by atoms with Crippen LogP contribution in [0, 0.1) is 0 Å². The summed E-state index contributed by atoms with van der Waals surface area (Å²) in [6, 6.07) is 13.7. The van der Waals surface area contributed by atoms with Gasteiger partial charge < -0.3 is 9.67 Å². The second-order valence-corrected chi connectivity index (χ2v) is 7.37. The molecule has 0 radical (unpaired) electrons. The van der Waals surface area contributed by atoms with Crippen LogP contribution in [0.25, 0.3) is 26.7 Å². The number of nitrogens with zero attached hydrogens (tertiary/aromatic N) is 3. The molecule has 2 aromatic heterocycles. The van der Waals surface area contributed by atoms with Crippen LogP contribution in [0.2, 0.25) is 0 Å². The highest BCUT2D eigenvalue weighted by atomic mass is 32.1. The van der Waals surface area contributed by atoms with Crippen molar-refractivity contribution in [2.75, 3.05) is 0 Å². The third-order valence-corrected chi connectivity index (χ3v) is 5.84. The number of benzene rings is 2. The van der Waals surface area contributed by atoms with Crippen molar-refractivity contribution >= 4 is 38.0 Å². The number of aliphatic hydroxyl groups excluding tert-OH is 1. The molecule has 5 nitrogen and oxygen atoms in total. The number of para-hydroxylation sites is 1. The Balaban J connectivity index is 1.76. The molecule has 5 rings (SSSR count). The van der Waals surface area contributed by atoms with Crippen molar-refractivity contribution in [2.24, 2.45) is 0 Å². The van der Waals surface area contributed by atoms with Crippen LogP contribution in [-0.2, 0) is 13.0 Å². The quantitative estimate of drug-likeness (QED) is 0.588. The summed E-state index contributed by atoms with van der Waals surface area (Å²) in [5.41, 5.74) is 3.06. The largest absolute Gasteiger partial charge is 0.510 e. The molecule has 1 aliphatic heterocycles. The molecule has 0 amide bonds. The van der Waals surface area contributed by atoms with Crippen molar-refractivity contribution < 1.29 is 5.11 Å². The molecule has 0 bridgehead atoms. The molecule has 0 atom stereocenters. The zero-order chi connectivity index (χ0) is 17.8. The lowest BCUT2D eigenvalue weighted by atomic mass is 10.1. The van der Waals surface area contributed by atoms with Gasteiger partial charge in [0.25, 0.3) is 5.56 Å². The van der Waals surface area contributed by atoms with Crippen molar-refractivity contribution in [3.63, 3.8) is 0 Å². The number of rotatable bonds is 2. The highest BCUT2D eigenvalue weighted by molar-refractivity contribution is 7.19. The summed E-state index contributed by atoms with van der Waals surface area (Å²) >= 11 is 1.49. The van der Waals surface area contributed by atoms with E-state index < -0.39 is 0 Å². The lowest BCUT2D eigenvalue weighted by molar-refractivity contribution is 0.389. The third kappa shape index (κ3) is 2.12. The Morgan fingerprint density at radius 2 is 2.04 bits per heavy atom. The Kier molecular flexibility index (Phi) is 3.24. The van der Waals surface area contributed by atoms with Crippen molar-refractivity contribution in [3.05, 3.63) is 75.0 Å². The minimum Gasteiger partial charge on any atom is -0.510 e. The first-order valence-corrected chi connectivity index (χ1v) is 9.29. The van der Waals surface area contributed by atoms with Gasteiger partial charge in [0.15, 0.2) is 5.82 Å². The summed E-state index contributed by atoms with van der Waals surface area (Å²) in [6.45, 7) is 2.36. The van der Waals surface area contributed by atoms with Gasteiger partial charge in [-0.3, -0.25) is 4.79 Å². The van der Waals surface area contributed by atoms with Crippen LogP contribution in [0.3, 0.4) is 0 Å². The van der Waals surface area contributed by atoms with Crippen LogP contribution in [0.5, 0.6) is 0 Å². The normalized spacial score (nSPS) is 13.7. The summed E-state index contributed by atoms with van der Waals surface area (Å²) in [6.07, 6.45) is 0.859. The monoisotopic (exact) mass is 361 g/mol. The van der Waals surface area contributed by atoms with Crippen molar-refractivity contribution in [2.45, 2.75) is 19.9 Å². The molecular weight excluding hydrogens is 346 g/mol. The Hall–Kier alpha value is -2.99. The van der Waals surface area contributed by atoms with Gasteiger partial charge in [0.2, 0.25) is 0 Å². The van der Waals surface area contributed by atoms with E-state index in [1.54, 1.807) is 0 Å². The number of thiazole rings is 1. The van der Waals surface area contributed by atoms with Crippen LogP contribution < -0.4 is 5.56 Å². The van der Waals surface area contributed by atoms with Gasteiger partial charge >= 0.3 is 0 Å². The number of hydrogen-bond acceptors (Lipinski definition) is 5. The summed E-state index contributed by atoms with van der Waals surface area (Å²) in [5, 5.41) is 11.9. The second-order valence-electron chi connectivity index (χ2n) is 6.34. The minimum atomic E-state index is -0.269. The summed E-state index contributed by atoms with van der Waals surface area (Å²) in [7, 11) is 0. The highest BCUT2D eigenvalue weighted by Crippen LogP contribution is 2.36. The van der Waals surface area contributed by atoms with Crippen LogP contribution in [0.15, 0.2) is 53.0 Å². The van der Waals surface area contributed by atoms with Gasteiger partial charge in [0.05, 0.1) is 33.2 Å². The molecule has 0 saturated heterocycles. The number of aryl methyl sites for hydroxylation is 1. The molecule has 6 heteroatoms. The summed E-state index contributed by atoms with van der Waals surface area (Å²) in [5.74, 6) is 0.686. The lowest BCUT2D eigenvalue weighted by Crippen LogP contribution is -2.16. The minimum absolute atomic E-state index is 0.197. The SMILES string of the molecule is CCc1ccc2c(c1)c(=O)nc1n2CC(O)=C1c1nc2ccccc2s1. The van der Waals surface area contributed by atoms with E-state index in [2.05, 4.69) is 16.9 Å². The molecule has 128 valence electrons. The molecule has 0 fully saturated rings. The molecule has 3 heterocycles. The zero-order valence-electron chi connectivity index (χ0n) is 14.1. The van der Waals surface area contributed by atoms with E-state index in [1.165, 1.54) is 11.3 Å². The maximum atomic E-state index is 12.6. The summed E-state index contributed by atoms with van der Waals surface area (Å²) < 4.78 is 2.93. The zero-order valence-corrected chi connectivity index (χ0v) is 14.9. The Labute approximate surface area is 152 Å². The van der Waals surface area contributed by atoms with Crippen LogP contribution in [-0.4, -0.2) is 19.6 Å². The van der Waals surface area contributed by atoms with E-state index in [-0.39, 0.29) is 11.3 Å². The lowest BCUT2D eigenvalue weighted by Gasteiger charge is -2.09. The molecule has 0 unspecified atom stereocenters. The Morgan fingerprint density at radius 1 is 1.19 bits per heavy atom. The van der Waals surface area contributed by atoms with Gasteiger partial charge in [0.1, 0.15) is 10.8 Å². The third-order valence-electron chi connectivity index (χ3n) is 4.78. The first-order valence-electron chi connectivity index (χ1n) is 8.47. The molecule has 0 spiro atoms. The van der Waals surface area contributed by atoms with Crippen molar-refractivity contribution in [1.29, 1.82) is 0 Å². The Morgan fingerprint density at radius 3 is 2.85 bits per heavy atom. The number of aromatic nitrogens is 3. The second kappa shape index (κ2) is 5.51. The van der Waals surface area contributed by atoms with Crippen LogP contribution >= 0.6 is 11.3 Å². The average molecular weight is 361 g/mol. The Bertz CT molecular complexity index is 1250. The van der Waals surface area contributed by atoms with E-state index in [0.29, 0.717) is 28.3 Å². The van der Waals surface area contributed by atoms with Crippen molar-refractivity contribution in [3.8, 4) is 0 Å². The molecule has 0 saturated carbocycles. The van der Waals surface area contributed by atoms with Gasteiger partial charge in [-0.05, 0) is 36.2 Å². The van der Waals surface area contributed by atoms with E-state index >= 15 is 0 Å². The van der Waals surface area contributed by atoms with E-state index in [9.17, 15) is 9.90 Å². The number of allylic oxidation sites excluding steroid dienone is 1. The first-order chi connectivity index (χ1) is 12.7. The predicted octanol–water partition coefficient (Wildman–Crippen LogP) is 3.90. The van der Waals surface area contributed by atoms with Crippen LogP contribution in [0.1, 0.15) is 23.3 Å². The van der Waals surface area contributed by atoms with Gasteiger partial charge in [0, 0.05) is 0 Å². The maximum absolute atomic E-state index is 12.6. The van der Waals surface area contributed by atoms with E-state index in [4.69, 9.17) is 0 Å². The topological polar surface area (TPSA) is 68.0 Å². The van der Waals surface area contributed by atoms with Crippen LogP contribution in [0.4, 0.5) is 0 Å². The fraction of sp³-hybridized carbons (Fsp3) is 0.150. The molecule has 1 aliphatic rings. The number of hydrogen-bond donors (Lipinski definition) is 1. The first kappa shape index (κ1) is 15.3. The predicted molar refractivity (Wildman–Crippen MR) is 104 cm³/mol. The molecule has 2 aromatic carbocycles. The maximum Gasteiger partial charge on any atom is 0.281 e. The van der Waals surface area contributed by atoms with Gasteiger partial charge in [-0.15, -0.1) is 11.3 Å². The molecule has 4 aromatic rings. The number of fused-ring (bicyclic) bond motifs is 4. The fourth-order valence-electron chi connectivity index (χ4n) is 3.45. The fourth-order valence-corrected chi connectivity index (χ4v) is 4.48. The van der Waals surface area contributed by atoms with Crippen molar-refractivity contribution in [1.82, 2.24) is 14.5 Å². The van der Waals surface area contributed by atoms with Gasteiger partial charge in [-0.1, -0.05) is 25.1 Å². The number of aliphatic hydroxyl groups is 1. The molecule has 1 N–H and O–H groups in total. The standard InChI is InChI=1S/C20H15N3O2S/c1-2-11-7-8-14-12(9-11)19(25)22-18-17(15(24)10-23(14)18)20-21-13-5-3-4-6-16(13)26-20/h3-9,24H,2,10H2,1H3. The molecular formula is C20H15N3O2S. The van der Waals surface area contributed by atoms with E-state index in [1.807, 2.05) is 47.0 Å². The smallest absolute Gasteiger partial charge is 0.281 e. The van der Waals surface area contributed by atoms with Gasteiger partial charge in [-0.2, -0.15) is 4.98 Å². The van der Waals surface area contributed by atoms with E-state index in [0.717, 1.165) is 27.7 Å². The average Bonchev–Trinajstić information content (AvgIpc) is 3.21.